The molecule has 2 heterocycles. The summed E-state index contributed by atoms with van der Waals surface area (Å²) in [6, 6.07) is 21.3. The highest BCUT2D eigenvalue weighted by Gasteiger charge is 2.23. The van der Waals surface area contributed by atoms with Gasteiger partial charge in [0.15, 0.2) is 5.96 Å². The molecule has 1 aliphatic rings. The van der Waals surface area contributed by atoms with Crippen molar-refractivity contribution in [2.45, 2.75) is 32.2 Å². The normalized spacial score (nSPS) is 16.0. The molecule has 1 aromatic heterocycles. The van der Waals surface area contributed by atoms with E-state index in [4.69, 9.17) is 0 Å². The van der Waals surface area contributed by atoms with Crippen LogP contribution < -0.4 is 15.5 Å². The topological polar surface area (TPSA) is 57.5 Å². The number of hydrogen-bond donors (Lipinski definition) is 2. The molecule has 1 saturated heterocycles. The zero-order chi connectivity index (χ0) is 21.5. The first-order valence-corrected chi connectivity index (χ1v) is 11.1. The average molecular weight is 544 g/mol. The average Bonchev–Trinajstić information content (AvgIpc) is 3.43. The Hall–Kier alpha value is -2.55. The molecular formula is C25H33IN6. The number of aryl methyl sites for hydroxylation is 2. The number of para-hydroxylation sites is 2. The molecular weight excluding hydrogens is 511 g/mol. The summed E-state index contributed by atoms with van der Waals surface area (Å²) in [4.78, 5) is 6.84. The Bertz CT molecular complexity index is 986. The Morgan fingerprint density at radius 3 is 2.44 bits per heavy atom. The van der Waals surface area contributed by atoms with E-state index in [1.807, 2.05) is 29.9 Å². The van der Waals surface area contributed by atoms with Gasteiger partial charge in [0.2, 0.25) is 0 Å². The monoisotopic (exact) mass is 544 g/mol. The molecule has 0 saturated carbocycles. The Kier molecular flexibility index (Phi) is 8.96. The van der Waals surface area contributed by atoms with Crippen molar-refractivity contribution in [2.75, 3.05) is 31.6 Å². The number of nitrogens with zero attached hydrogens (tertiary/aromatic N) is 4. The van der Waals surface area contributed by atoms with Gasteiger partial charge in [-0.3, -0.25) is 4.99 Å². The number of aromatic nitrogens is 2. The first kappa shape index (κ1) is 24.1. The number of nitrogens with one attached hydrogen (secondary N) is 2. The maximum atomic E-state index is 4.67. The summed E-state index contributed by atoms with van der Waals surface area (Å²) in [7, 11) is 1.84. The van der Waals surface area contributed by atoms with Crippen molar-refractivity contribution < 1.29 is 0 Å². The van der Waals surface area contributed by atoms with Crippen LogP contribution in [-0.4, -0.2) is 48.5 Å². The van der Waals surface area contributed by atoms with Gasteiger partial charge in [-0.05, 0) is 56.0 Å². The highest BCUT2D eigenvalue weighted by Crippen LogP contribution is 2.19. The first-order valence-electron chi connectivity index (χ1n) is 11.1. The first-order chi connectivity index (χ1) is 15.2. The zero-order valence-electron chi connectivity index (χ0n) is 18.9. The molecule has 0 bridgehead atoms. The highest BCUT2D eigenvalue weighted by molar-refractivity contribution is 14.0. The number of halogens is 1. The fraction of sp³-hybridized carbons (Fsp3) is 0.360. The van der Waals surface area contributed by atoms with Crippen LogP contribution in [0.25, 0.3) is 5.69 Å². The number of benzene rings is 2. The van der Waals surface area contributed by atoms with Gasteiger partial charge in [0.1, 0.15) is 0 Å². The summed E-state index contributed by atoms with van der Waals surface area (Å²) in [5.74, 6) is 0.886. The molecule has 7 heteroatoms. The predicted molar refractivity (Wildman–Crippen MR) is 144 cm³/mol. The van der Waals surface area contributed by atoms with E-state index in [1.165, 1.54) is 11.3 Å². The molecule has 2 N–H and O–H groups in total. The Balaban J connectivity index is 0.00000289. The van der Waals surface area contributed by atoms with E-state index in [9.17, 15) is 0 Å². The third kappa shape index (κ3) is 6.25. The lowest BCUT2D eigenvalue weighted by atomic mass is 10.1. The van der Waals surface area contributed by atoms with Crippen molar-refractivity contribution in [3.63, 3.8) is 0 Å². The van der Waals surface area contributed by atoms with Gasteiger partial charge in [-0.15, -0.1) is 24.0 Å². The minimum atomic E-state index is 0. The number of rotatable bonds is 7. The van der Waals surface area contributed by atoms with Gasteiger partial charge in [0, 0.05) is 44.6 Å². The molecule has 3 aromatic rings. The van der Waals surface area contributed by atoms with Crippen molar-refractivity contribution in [2.24, 2.45) is 4.99 Å². The van der Waals surface area contributed by atoms with Gasteiger partial charge in [0.05, 0.1) is 11.4 Å². The number of aliphatic imine (C=N–C) groups is 1. The molecule has 2 aromatic carbocycles. The second-order valence-electron chi connectivity index (χ2n) is 8.03. The molecule has 0 amide bonds. The van der Waals surface area contributed by atoms with Crippen molar-refractivity contribution in [3.05, 3.63) is 78.1 Å². The van der Waals surface area contributed by atoms with Gasteiger partial charge in [-0.1, -0.05) is 36.4 Å². The lowest BCUT2D eigenvalue weighted by Crippen LogP contribution is -2.44. The van der Waals surface area contributed by atoms with Crippen LogP contribution in [0.15, 0.2) is 71.9 Å². The van der Waals surface area contributed by atoms with Crippen molar-refractivity contribution >= 4 is 35.6 Å². The van der Waals surface area contributed by atoms with E-state index in [1.54, 1.807) is 0 Å². The summed E-state index contributed by atoms with van der Waals surface area (Å²) in [5, 5.41) is 11.7. The molecule has 0 spiro atoms. The van der Waals surface area contributed by atoms with E-state index in [2.05, 4.69) is 81.2 Å². The molecule has 1 unspecified atom stereocenters. The Labute approximate surface area is 208 Å². The second kappa shape index (κ2) is 11.9. The number of anilines is 1. The van der Waals surface area contributed by atoms with E-state index in [0.717, 1.165) is 56.2 Å². The van der Waals surface area contributed by atoms with Gasteiger partial charge in [-0.25, -0.2) is 4.68 Å². The molecule has 4 rings (SSSR count). The number of hydrogen-bond acceptors (Lipinski definition) is 3. The van der Waals surface area contributed by atoms with Crippen molar-refractivity contribution in [1.29, 1.82) is 0 Å². The van der Waals surface area contributed by atoms with Crippen LogP contribution in [0.1, 0.15) is 24.1 Å². The third-order valence-corrected chi connectivity index (χ3v) is 5.81. The minimum absolute atomic E-state index is 0. The van der Waals surface area contributed by atoms with Crippen molar-refractivity contribution in [1.82, 2.24) is 20.4 Å². The summed E-state index contributed by atoms with van der Waals surface area (Å²) < 4.78 is 1.97. The van der Waals surface area contributed by atoms with Gasteiger partial charge < -0.3 is 15.5 Å². The van der Waals surface area contributed by atoms with Gasteiger partial charge in [-0.2, -0.15) is 5.10 Å². The Morgan fingerprint density at radius 1 is 1.06 bits per heavy atom. The molecule has 1 atom stereocenters. The predicted octanol–water partition coefficient (Wildman–Crippen LogP) is 4.18. The standard InChI is InChI=1S/C25H32N6.HI/c1-20-21(18-31(29-20)24-13-7-4-8-14-24)10-9-16-27-25(26-2)28-22-15-17-30(19-22)23-11-5-3-6-12-23;/h3-8,11-14,18,22H,9-10,15-17,19H2,1-2H3,(H2,26,27,28);1H. The molecule has 0 radical (unpaired) electrons. The lowest BCUT2D eigenvalue weighted by Gasteiger charge is -2.20. The SMILES string of the molecule is CN=C(NCCCc1cn(-c2ccccc2)nc1C)NC1CCN(c2ccccc2)C1.I. The maximum absolute atomic E-state index is 4.67. The summed E-state index contributed by atoms with van der Waals surface area (Å²) in [6.45, 7) is 5.04. The minimum Gasteiger partial charge on any atom is -0.369 e. The van der Waals surface area contributed by atoms with E-state index >= 15 is 0 Å². The summed E-state index contributed by atoms with van der Waals surface area (Å²) in [6.07, 6.45) is 5.29. The Morgan fingerprint density at radius 2 is 1.75 bits per heavy atom. The molecule has 32 heavy (non-hydrogen) atoms. The largest absolute Gasteiger partial charge is 0.369 e. The maximum Gasteiger partial charge on any atom is 0.191 e. The van der Waals surface area contributed by atoms with Gasteiger partial charge in [0.25, 0.3) is 0 Å². The lowest BCUT2D eigenvalue weighted by molar-refractivity contribution is 0.643. The van der Waals surface area contributed by atoms with E-state index < -0.39 is 0 Å². The molecule has 6 nitrogen and oxygen atoms in total. The van der Waals surface area contributed by atoms with Crippen LogP contribution in [0, 0.1) is 6.92 Å². The van der Waals surface area contributed by atoms with Crippen LogP contribution in [0.4, 0.5) is 5.69 Å². The third-order valence-electron chi connectivity index (χ3n) is 5.81. The summed E-state index contributed by atoms with van der Waals surface area (Å²) >= 11 is 0. The quantitative estimate of drug-likeness (QED) is 0.203. The fourth-order valence-corrected chi connectivity index (χ4v) is 4.08. The zero-order valence-corrected chi connectivity index (χ0v) is 21.2. The van der Waals surface area contributed by atoms with Crippen LogP contribution in [0.5, 0.6) is 0 Å². The molecule has 1 aliphatic heterocycles. The molecule has 0 aliphatic carbocycles. The second-order valence-corrected chi connectivity index (χ2v) is 8.03. The van der Waals surface area contributed by atoms with Crippen LogP contribution in [-0.2, 0) is 6.42 Å². The van der Waals surface area contributed by atoms with Crippen LogP contribution in [0.3, 0.4) is 0 Å². The number of guanidine groups is 1. The highest BCUT2D eigenvalue weighted by atomic mass is 127. The summed E-state index contributed by atoms with van der Waals surface area (Å²) in [5.41, 5.74) is 4.78. The van der Waals surface area contributed by atoms with E-state index in [-0.39, 0.29) is 24.0 Å². The smallest absolute Gasteiger partial charge is 0.191 e. The van der Waals surface area contributed by atoms with E-state index in [0.29, 0.717) is 6.04 Å². The fourth-order valence-electron chi connectivity index (χ4n) is 4.08. The molecule has 1 fully saturated rings. The van der Waals surface area contributed by atoms with Crippen LogP contribution >= 0.6 is 24.0 Å². The van der Waals surface area contributed by atoms with Crippen LogP contribution in [0.2, 0.25) is 0 Å². The van der Waals surface area contributed by atoms with Crippen molar-refractivity contribution in [3.8, 4) is 5.69 Å². The molecule has 170 valence electrons. The van der Waals surface area contributed by atoms with Gasteiger partial charge >= 0.3 is 0 Å².